The van der Waals surface area contributed by atoms with Crippen LogP contribution in [0.15, 0.2) is 30.9 Å². The number of rotatable bonds is 5. The smallest absolute Gasteiger partial charge is 0.385 e. The molecule has 0 unspecified atom stereocenters. The van der Waals surface area contributed by atoms with Gasteiger partial charge in [0.15, 0.2) is 0 Å². The maximum atomic E-state index is 12.7. The van der Waals surface area contributed by atoms with Gasteiger partial charge in [-0.25, -0.2) is 0 Å². The molecule has 1 rings (SSSR count). The summed E-state index contributed by atoms with van der Waals surface area (Å²) in [4.78, 5) is 0. The lowest BCUT2D eigenvalue weighted by Gasteiger charge is -2.12. The Kier molecular flexibility index (Phi) is 4.78. The van der Waals surface area contributed by atoms with E-state index in [0.29, 0.717) is 12.2 Å². The number of hydrogen-bond donors (Lipinski definition) is 1. The van der Waals surface area contributed by atoms with E-state index in [2.05, 4.69) is 11.9 Å². The first-order valence-corrected chi connectivity index (χ1v) is 5.45. The molecule has 1 aromatic carbocycles. The van der Waals surface area contributed by atoms with Crippen molar-refractivity contribution in [1.82, 2.24) is 0 Å². The zero-order valence-corrected chi connectivity index (χ0v) is 9.72. The minimum absolute atomic E-state index is 0.362. The third kappa shape index (κ3) is 3.81. The van der Waals surface area contributed by atoms with Crippen LogP contribution in [0.2, 0.25) is 0 Å². The fourth-order valence-corrected chi connectivity index (χ4v) is 1.47. The highest BCUT2D eigenvalue weighted by Crippen LogP contribution is 2.33. The Morgan fingerprint density at radius 2 is 2.11 bits per heavy atom. The molecule has 0 aliphatic rings. The SMILES string of the molecule is C=CCCCNc1ccc(C#N)c(C(F)(F)F)c1. The monoisotopic (exact) mass is 254 g/mol. The quantitative estimate of drug-likeness (QED) is 0.637. The fraction of sp³-hybridized carbons (Fsp3) is 0.308. The highest BCUT2D eigenvalue weighted by Gasteiger charge is 2.33. The van der Waals surface area contributed by atoms with E-state index in [4.69, 9.17) is 5.26 Å². The maximum Gasteiger partial charge on any atom is 0.417 e. The van der Waals surface area contributed by atoms with Crippen molar-refractivity contribution in [2.45, 2.75) is 19.0 Å². The second-order valence-corrected chi connectivity index (χ2v) is 3.73. The van der Waals surface area contributed by atoms with Crippen LogP contribution in [0.25, 0.3) is 0 Å². The molecule has 0 aliphatic heterocycles. The Balaban J connectivity index is 2.84. The summed E-state index contributed by atoms with van der Waals surface area (Å²) < 4.78 is 38.0. The van der Waals surface area contributed by atoms with Crippen LogP contribution in [0.4, 0.5) is 18.9 Å². The van der Waals surface area contributed by atoms with Gasteiger partial charge in [-0.05, 0) is 31.0 Å². The largest absolute Gasteiger partial charge is 0.417 e. The third-order valence-electron chi connectivity index (χ3n) is 2.36. The van der Waals surface area contributed by atoms with E-state index < -0.39 is 11.7 Å². The first kappa shape index (κ1) is 14.1. The number of alkyl halides is 3. The summed E-state index contributed by atoms with van der Waals surface area (Å²) >= 11 is 0. The Labute approximate surface area is 104 Å². The van der Waals surface area contributed by atoms with Crippen molar-refractivity contribution in [3.05, 3.63) is 42.0 Å². The fourth-order valence-electron chi connectivity index (χ4n) is 1.47. The highest BCUT2D eigenvalue weighted by molar-refractivity contribution is 5.53. The van der Waals surface area contributed by atoms with Gasteiger partial charge in [0.25, 0.3) is 0 Å². The number of unbranched alkanes of at least 4 members (excludes halogenated alkanes) is 1. The molecule has 0 atom stereocenters. The second-order valence-electron chi connectivity index (χ2n) is 3.73. The van der Waals surface area contributed by atoms with Crippen molar-refractivity contribution in [2.75, 3.05) is 11.9 Å². The average Bonchev–Trinajstić information content (AvgIpc) is 2.33. The van der Waals surface area contributed by atoms with Crippen LogP contribution in [-0.2, 0) is 6.18 Å². The number of anilines is 1. The molecular weight excluding hydrogens is 241 g/mol. The van der Waals surface area contributed by atoms with E-state index >= 15 is 0 Å². The molecular formula is C13H13F3N2. The lowest BCUT2D eigenvalue weighted by molar-refractivity contribution is -0.137. The number of halogens is 3. The van der Waals surface area contributed by atoms with Gasteiger partial charge >= 0.3 is 6.18 Å². The molecule has 2 nitrogen and oxygen atoms in total. The van der Waals surface area contributed by atoms with Crippen LogP contribution in [-0.4, -0.2) is 6.54 Å². The van der Waals surface area contributed by atoms with Crippen molar-refractivity contribution in [3.63, 3.8) is 0 Å². The first-order valence-electron chi connectivity index (χ1n) is 5.45. The summed E-state index contributed by atoms with van der Waals surface area (Å²) in [5.41, 5.74) is -0.900. The minimum atomic E-state index is -4.51. The van der Waals surface area contributed by atoms with Crippen LogP contribution in [0.5, 0.6) is 0 Å². The molecule has 0 heterocycles. The van der Waals surface area contributed by atoms with Crippen LogP contribution in [0.3, 0.4) is 0 Å². The van der Waals surface area contributed by atoms with Gasteiger partial charge in [-0.3, -0.25) is 0 Å². The number of nitrogens with zero attached hydrogens (tertiary/aromatic N) is 1. The van der Waals surface area contributed by atoms with E-state index in [1.54, 1.807) is 12.1 Å². The van der Waals surface area contributed by atoms with Gasteiger partial charge < -0.3 is 5.32 Å². The first-order chi connectivity index (χ1) is 8.49. The van der Waals surface area contributed by atoms with Gasteiger partial charge in [-0.1, -0.05) is 6.08 Å². The van der Waals surface area contributed by atoms with Crippen LogP contribution >= 0.6 is 0 Å². The van der Waals surface area contributed by atoms with Crippen LogP contribution < -0.4 is 5.32 Å². The van der Waals surface area contributed by atoms with E-state index in [1.165, 1.54) is 12.1 Å². The van der Waals surface area contributed by atoms with E-state index in [-0.39, 0.29) is 5.56 Å². The standard InChI is InChI=1S/C13H13F3N2/c1-2-3-4-7-18-11-6-5-10(9-17)12(8-11)13(14,15)16/h2,5-6,8,18H,1,3-4,7H2. The molecule has 0 saturated carbocycles. The van der Waals surface area contributed by atoms with Crippen molar-refractivity contribution >= 4 is 5.69 Å². The summed E-state index contributed by atoms with van der Waals surface area (Å²) in [5.74, 6) is 0. The molecule has 96 valence electrons. The Bertz CT molecular complexity index is 458. The highest BCUT2D eigenvalue weighted by atomic mass is 19.4. The molecule has 5 heteroatoms. The number of hydrogen-bond acceptors (Lipinski definition) is 2. The zero-order chi connectivity index (χ0) is 13.6. The Morgan fingerprint density at radius 3 is 2.67 bits per heavy atom. The van der Waals surface area contributed by atoms with Crippen molar-refractivity contribution in [1.29, 1.82) is 5.26 Å². The van der Waals surface area contributed by atoms with Gasteiger partial charge in [0.1, 0.15) is 0 Å². The number of benzene rings is 1. The third-order valence-corrected chi connectivity index (χ3v) is 2.36. The molecule has 0 bridgehead atoms. The predicted molar refractivity (Wildman–Crippen MR) is 64.1 cm³/mol. The van der Waals surface area contributed by atoms with Gasteiger partial charge in [0.2, 0.25) is 0 Å². The molecule has 0 aromatic heterocycles. The Morgan fingerprint density at radius 1 is 1.39 bits per heavy atom. The number of nitrogens with one attached hydrogen (secondary N) is 1. The molecule has 1 N–H and O–H groups in total. The molecule has 0 amide bonds. The minimum Gasteiger partial charge on any atom is -0.385 e. The molecule has 0 fully saturated rings. The van der Waals surface area contributed by atoms with Crippen molar-refractivity contribution in [2.24, 2.45) is 0 Å². The van der Waals surface area contributed by atoms with Crippen molar-refractivity contribution < 1.29 is 13.2 Å². The van der Waals surface area contributed by atoms with Gasteiger partial charge in [-0.15, -0.1) is 6.58 Å². The van der Waals surface area contributed by atoms with Crippen LogP contribution in [0, 0.1) is 11.3 Å². The van der Waals surface area contributed by atoms with Gasteiger partial charge in [0.05, 0.1) is 17.2 Å². The van der Waals surface area contributed by atoms with Crippen LogP contribution in [0.1, 0.15) is 24.0 Å². The molecule has 0 saturated heterocycles. The van der Waals surface area contributed by atoms with Crippen molar-refractivity contribution in [3.8, 4) is 6.07 Å². The lowest BCUT2D eigenvalue weighted by Crippen LogP contribution is -2.09. The summed E-state index contributed by atoms with van der Waals surface area (Å²) in [5, 5.41) is 11.5. The molecule has 18 heavy (non-hydrogen) atoms. The van der Waals surface area contributed by atoms with E-state index in [0.717, 1.165) is 18.9 Å². The molecule has 0 aliphatic carbocycles. The predicted octanol–water partition coefficient (Wildman–Crippen LogP) is 3.96. The average molecular weight is 254 g/mol. The summed E-state index contributed by atoms with van der Waals surface area (Å²) in [7, 11) is 0. The molecule has 0 spiro atoms. The van der Waals surface area contributed by atoms with E-state index in [1.807, 2.05) is 0 Å². The molecule has 0 radical (unpaired) electrons. The maximum absolute atomic E-state index is 12.7. The second kappa shape index (κ2) is 6.10. The number of nitriles is 1. The summed E-state index contributed by atoms with van der Waals surface area (Å²) in [6, 6.07) is 5.16. The Hall–Kier alpha value is -1.96. The van der Waals surface area contributed by atoms with Gasteiger partial charge in [0, 0.05) is 12.2 Å². The molecule has 1 aromatic rings. The summed E-state index contributed by atoms with van der Waals surface area (Å²) in [6.07, 6.45) is -1.16. The lowest BCUT2D eigenvalue weighted by atomic mass is 10.1. The van der Waals surface area contributed by atoms with Gasteiger partial charge in [-0.2, -0.15) is 18.4 Å². The zero-order valence-electron chi connectivity index (χ0n) is 9.72. The summed E-state index contributed by atoms with van der Waals surface area (Å²) in [6.45, 7) is 4.13. The van der Waals surface area contributed by atoms with E-state index in [9.17, 15) is 13.2 Å². The normalized spacial score (nSPS) is 10.8. The topological polar surface area (TPSA) is 35.8 Å². The number of allylic oxidation sites excluding steroid dienone is 1.